The summed E-state index contributed by atoms with van der Waals surface area (Å²) in [5.41, 5.74) is 3.31. The first-order valence-corrected chi connectivity index (χ1v) is 11.3. The van der Waals surface area contributed by atoms with Gasteiger partial charge in [0.05, 0.1) is 17.4 Å². The first-order chi connectivity index (χ1) is 16.1. The van der Waals surface area contributed by atoms with Gasteiger partial charge in [-0.2, -0.15) is 0 Å². The van der Waals surface area contributed by atoms with E-state index in [-0.39, 0.29) is 11.4 Å². The number of benzene rings is 1. The van der Waals surface area contributed by atoms with Crippen molar-refractivity contribution in [1.29, 1.82) is 0 Å². The molecule has 4 heterocycles. The topological polar surface area (TPSA) is 77.2 Å². The van der Waals surface area contributed by atoms with Gasteiger partial charge >= 0.3 is 0 Å². The number of aromatic amines is 1. The van der Waals surface area contributed by atoms with E-state index in [1.807, 2.05) is 38.4 Å². The highest BCUT2D eigenvalue weighted by Crippen LogP contribution is 2.25. The molecule has 7 nitrogen and oxygen atoms in total. The summed E-state index contributed by atoms with van der Waals surface area (Å²) in [5.74, 6) is 0.441. The second kappa shape index (κ2) is 8.78. The molecule has 0 amide bonds. The average Bonchev–Trinajstić information content (AvgIpc) is 2.85. The summed E-state index contributed by atoms with van der Waals surface area (Å²) >= 11 is 0. The van der Waals surface area contributed by atoms with E-state index in [2.05, 4.69) is 36.1 Å². The smallest absolute Gasteiger partial charge is 0.251 e. The second-order valence-corrected chi connectivity index (χ2v) is 8.42. The molecular formula is C25H27FN6O. The quantitative estimate of drug-likeness (QED) is 0.488. The number of aromatic nitrogens is 3. The zero-order valence-corrected chi connectivity index (χ0v) is 18.9. The van der Waals surface area contributed by atoms with Crippen molar-refractivity contribution in [3.8, 4) is 0 Å². The summed E-state index contributed by atoms with van der Waals surface area (Å²) in [4.78, 5) is 28.4. The maximum Gasteiger partial charge on any atom is 0.251 e. The van der Waals surface area contributed by atoms with E-state index in [0.717, 1.165) is 54.0 Å². The summed E-state index contributed by atoms with van der Waals surface area (Å²) in [6.45, 7) is 5.75. The lowest BCUT2D eigenvalue weighted by molar-refractivity contribution is 0.247. The maximum atomic E-state index is 15.2. The van der Waals surface area contributed by atoms with Gasteiger partial charge < -0.3 is 15.2 Å². The Morgan fingerprint density at radius 2 is 1.88 bits per heavy atom. The fourth-order valence-electron chi connectivity index (χ4n) is 4.52. The minimum atomic E-state index is -0.331. The lowest BCUT2D eigenvalue weighted by Gasteiger charge is -2.36. The number of halogens is 1. The van der Waals surface area contributed by atoms with E-state index >= 15 is 4.39 Å². The Morgan fingerprint density at radius 3 is 2.64 bits per heavy atom. The van der Waals surface area contributed by atoms with Gasteiger partial charge in [0.15, 0.2) is 11.6 Å². The molecule has 0 bridgehead atoms. The van der Waals surface area contributed by atoms with Gasteiger partial charge in [0.25, 0.3) is 5.56 Å². The molecule has 1 fully saturated rings. The highest BCUT2D eigenvalue weighted by Gasteiger charge is 2.20. The van der Waals surface area contributed by atoms with E-state index in [0.29, 0.717) is 29.6 Å². The molecule has 1 aliphatic heterocycles. The molecule has 170 valence electrons. The van der Waals surface area contributed by atoms with E-state index in [1.54, 1.807) is 12.3 Å². The van der Waals surface area contributed by atoms with Crippen LogP contribution in [0.3, 0.4) is 0 Å². The first-order valence-electron chi connectivity index (χ1n) is 11.3. The van der Waals surface area contributed by atoms with Crippen molar-refractivity contribution in [2.75, 3.05) is 43.4 Å². The summed E-state index contributed by atoms with van der Waals surface area (Å²) in [5, 5.41) is 4.86. The van der Waals surface area contributed by atoms with Crippen LogP contribution in [-0.2, 0) is 13.0 Å². The van der Waals surface area contributed by atoms with Gasteiger partial charge in [-0.3, -0.25) is 14.7 Å². The van der Waals surface area contributed by atoms with E-state index < -0.39 is 0 Å². The van der Waals surface area contributed by atoms with Crippen LogP contribution in [0.5, 0.6) is 0 Å². The Hall–Kier alpha value is -3.52. The molecule has 33 heavy (non-hydrogen) atoms. The Morgan fingerprint density at radius 1 is 1.06 bits per heavy atom. The number of nitrogens with one attached hydrogen (secondary N) is 2. The predicted octanol–water partition coefficient (Wildman–Crippen LogP) is 3.54. The van der Waals surface area contributed by atoms with Gasteiger partial charge in [-0.1, -0.05) is 19.1 Å². The molecule has 0 saturated carbocycles. The van der Waals surface area contributed by atoms with E-state index in [9.17, 15) is 4.79 Å². The van der Waals surface area contributed by atoms with Crippen LogP contribution >= 0.6 is 0 Å². The van der Waals surface area contributed by atoms with E-state index in [1.165, 1.54) is 0 Å². The third-order valence-corrected chi connectivity index (χ3v) is 6.45. The molecule has 4 aromatic rings. The van der Waals surface area contributed by atoms with Crippen LogP contribution in [-0.4, -0.2) is 53.1 Å². The van der Waals surface area contributed by atoms with Gasteiger partial charge in [0, 0.05) is 67.9 Å². The minimum absolute atomic E-state index is 0.212. The molecule has 0 unspecified atom stereocenters. The summed E-state index contributed by atoms with van der Waals surface area (Å²) in [7, 11) is 1.84. The highest BCUT2D eigenvalue weighted by atomic mass is 19.1. The molecule has 2 N–H and O–H groups in total. The normalized spacial score (nSPS) is 14.8. The zero-order chi connectivity index (χ0) is 22.9. The number of rotatable bonds is 5. The third kappa shape index (κ3) is 4.02. The van der Waals surface area contributed by atoms with Crippen molar-refractivity contribution in [2.24, 2.45) is 0 Å². The fourth-order valence-corrected chi connectivity index (χ4v) is 4.52. The van der Waals surface area contributed by atoms with Crippen molar-refractivity contribution in [2.45, 2.75) is 19.9 Å². The molecule has 0 radical (unpaired) electrons. The summed E-state index contributed by atoms with van der Waals surface area (Å²) in [6, 6.07) is 9.63. The largest absolute Gasteiger partial charge is 0.371 e. The Labute approximate surface area is 191 Å². The van der Waals surface area contributed by atoms with Crippen molar-refractivity contribution in [3.05, 3.63) is 70.0 Å². The first kappa shape index (κ1) is 21.3. The number of hydrogen-bond acceptors (Lipinski definition) is 6. The molecule has 1 aliphatic rings. The van der Waals surface area contributed by atoms with Crippen LogP contribution < -0.4 is 15.8 Å². The second-order valence-electron chi connectivity index (χ2n) is 8.42. The van der Waals surface area contributed by atoms with Crippen LogP contribution in [0.2, 0.25) is 0 Å². The number of fused-ring (bicyclic) bond motifs is 2. The molecule has 1 aromatic carbocycles. The van der Waals surface area contributed by atoms with Gasteiger partial charge in [0.2, 0.25) is 0 Å². The van der Waals surface area contributed by atoms with Gasteiger partial charge in [-0.25, -0.2) is 9.37 Å². The number of aryl methyl sites for hydroxylation is 1. The fraction of sp³-hybridized carbons (Fsp3) is 0.320. The number of nitrogens with zero attached hydrogens (tertiary/aromatic N) is 4. The number of hydrogen-bond donors (Lipinski definition) is 2. The van der Waals surface area contributed by atoms with Crippen molar-refractivity contribution in [1.82, 2.24) is 19.9 Å². The molecule has 1 saturated heterocycles. The highest BCUT2D eigenvalue weighted by molar-refractivity contribution is 5.89. The van der Waals surface area contributed by atoms with Gasteiger partial charge in [-0.05, 0) is 24.6 Å². The van der Waals surface area contributed by atoms with Crippen molar-refractivity contribution < 1.29 is 4.39 Å². The molecule has 3 aromatic heterocycles. The Bertz CT molecular complexity index is 1380. The number of piperazine rings is 1. The monoisotopic (exact) mass is 446 g/mol. The number of anilines is 2. The molecule has 0 spiro atoms. The number of pyridine rings is 3. The standard InChI is InChI=1S/C25H27FN6O/c1-3-16-12-17-4-5-19(21(26)22(17)30-25(16)33)15-31-8-10-32(11-9-31)20-13-18-6-7-28-24(27-2)23(18)29-14-20/h4-7,12-14H,3,8-11,15H2,1-2H3,(H,27,28)(H,30,33). The predicted molar refractivity (Wildman–Crippen MR) is 130 cm³/mol. The lowest BCUT2D eigenvalue weighted by Crippen LogP contribution is -2.46. The van der Waals surface area contributed by atoms with Crippen LogP contribution in [0.4, 0.5) is 15.9 Å². The summed E-state index contributed by atoms with van der Waals surface area (Å²) in [6.07, 6.45) is 4.30. The van der Waals surface area contributed by atoms with Crippen molar-refractivity contribution in [3.63, 3.8) is 0 Å². The molecule has 5 rings (SSSR count). The van der Waals surface area contributed by atoms with Crippen molar-refractivity contribution >= 4 is 33.3 Å². The SMILES string of the molecule is CCc1cc2ccc(CN3CCN(c4cnc5c(NC)nccc5c4)CC3)c(F)c2[nH]c1=O. The molecular weight excluding hydrogens is 419 g/mol. The van der Waals surface area contributed by atoms with Gasteiger partial charge in [-0.15, -0.1) is 0 Å². The lowest BCUT2D eigenvalue weighted by atomic mass is 10.1. The van der Waals surface area contributed by atoms with Crippen LogP contribution in [0, 0.1) is 5.82 Å². The van der Waals surface area contributed by atoms with Gasteiger partial charge in [0.1, 0.15) is 5.52 Å². The zero-order valence-electron chi connectivity index (χ0n) is 18.9. The Balaban J connectivity index is 1.30. The Kier molecular flexibility index (Phi) is 5.68. The molecule has 0 atom stereocenters. The molecule has 8 heteroatoms. The third-order valence-electron chi connectivity index (χ3n) is 6.45. The van der Waals surface area contributed by atoms with Crippen LogP contribution in [0.25, 0.3) is 21.8 Å². The molecule has 0 aliphatic carbocycles. The van der Waals surface area contributed by atoms with E-state index in [4.69, 9.17) is 0 Å². The number of H-pyrrole nitrogens is 1. The summed E-state index contributed by atoms with van der Waals surface area (Å²) < 4.78 is 15.2. The van der Waals surface area contributed by atoms with Crippen LogP contribution in [0.1, 0.15) is 18.1 Å². The minimum Gasteiger partial charge on any atom is -0.371 e. The average molecular weight is 447 g/mol. The van der Waals surface area contributed by atoms with Crippen LogP contribution in [0.15, 0.2) is 47.5 Å². The maximum absolute atomic E-state index is 15.2.